The van der Waals surface area contributed by atoms with Crippen molar-refractivity contribution in [3.63, 3.8) is 0 Å². The first kappa shape index (κ1) is 15.9. The molecule has 0 bridgehead atoms. The van der Waals surface area contributed by atoms with E-state index >= 15 is 0 Å². The minimum absolute atomic E-state index is 0.0561. The summed E-state index contributed by atoms with van der Waals surface area (Å²) in [6.07, 6.45) is 6.22. The Morgan fingerprint density at radius 1 is 1.14 bits per heavy atom. The van der Waals surface area contributed by atoms with Crippen LogP contribution in [-0.4, -0.2) is 60.0 Å². The van der Waals surface area contributed by atoms with E-state index in [0.717, 1.165) is 52.1 Å². The minimum Gasteiger partial charge on any atom is -0.336 e. The summed E-state index contributed by atoms with van der Waals surface area (Å²) >= 11 is 0. The van der Waals surface area contributed by atoms with Gasteiger partial charge in [0.15, 0.2) is 0 Å². The zero-order valence-corrected chi connectivity index (χ0v) is 12.7. The number of unbranched alkanes of at least 4 members (excludes halogenated alkanes) is 2. The highest BCUT2D eigenvalue weighted by molar-refractivity contribution is 5.92. The predicted octanol–water partition coefficient (Wildman–Crippen LogP) is 1.36. The molecule has 5 heteroatoms. The van der Waals surface area contributed by atoms with E-state index in [0.29, 0.717) is 5.69 Å². The number of aromatic nitrogens is 1. The zero-order valence-electron chi connectivity index (χ0n) is 12.7. The van der Waals surface area contributed by atoms with Crippen LogP contribution in [0.3, 0.4) is 0 Å². The third kappa shape index (κ3) is 5.10. The number of rotatable bonds is 6. The van der Waals surface area contributed by atoms with E-state index in [4.69, 9.17) is 5.73 Å². The van der Waals surface area contributed by atoms with Gasteiger partial charge in [-0.1, -0.05) is 12.5 Å². The summed E-state index contributed by atoms with van der Waals surface area (Å²) in [4.78, 5) is 20.9. The van der Waals surface area contributed by atoms with Gasteiger partial charge in [0.2, 0.25) is 0 Å². The summed E-state index contributed by atoms with van der Waals surface area (Å²) in [6, 6.07) is 5.49. The number of amides is 1. The molecule has 0 saturated carbocycles. The van der Waals surface area contributed by atoms with Gasteiger partial charge in [-0.05, 0) is 51.0 Å². The summed E-state index contributed by atoms with van der Waals surface area (Å²) in [6.45, 7) is 5.56. The molecule has 5 nitrogen and oxygen atoms in total. The molecule has 0 radical (unpaired) electrons. The van der Waals surface area contributed by atoms with Crippen molar-refractivity contribution in [1.82, 2.24) is 14.8 Å². The molecule has 0 spiro atoms. The molecular formula is C16H26N4O. The van der Waals surface area contributed by atoms with E-state index in [9.17, 15) is 4.79 Å². The number of nitrogens with zero attached hydrogens (tertiary/aromatic N) is 3. The molecule has 0 aromatic carbocycles. The van der Waals surface area contributed by atoms with Crippen molar-refractivity contribution in [1.29, 1.82) is 0 Å². The van der Waals surface area contributed by atoms with E-state index in [-0.39, 0.29) is 5.91 Å². The first-order valence-electron chi connectivity index (χ1n) is 7.94. The number of hydrogen-bond acceptors (Lipinski definition) is 4. The van der Waals surface area contributed by atoms with Gasteiger partial charge in [-0.3, -0.25) is 9.78 Å². The molecule has 0 unspecified atom stereocenters. The largest absolute Gasteiger partial charge is 0.336 e. The molecule has 2 rings (SSSR count). The van der Waals surface area contributed by atoms with Gasteiger partial charge in [-0.2, -0.15) is 0 Å². The third-order valence-corrected chi connectivity index (χ3v) is 3.94. The summed E-state index contributed by atoms with van der Waals surface area (Å²) < 4.78 is 0. The lowest BCUT2D eigenvalue weighted by Crippen LogP contribution is -2.35. The van der Waals surface area contributed by atoms with Crippen molar-refractivity contribution in [2.75, 3.05) is 39.3 Å². The number of hydrogen-bond donors (Lipinski definition) is 1. The summed E-state index contributed by atoms with van der Waals surface area (Å²) in [5.74, 6) is 0.0561. The highest BCUT2D eigenvalue weighted by atomic mass is 16.2. The Morgan fingerprint density at radius 3 is 2.81 bits per heavy atom. The lowest BCUT2D eigenvalue weighted by Gasteiger charge is -2.21. The van der Waals surface area contributed by atoms with Crippen molar-refractivity contribution in [2.45, 2.75) is 25.7 Å². The smallest absolute Gasteiger partial charge is 0.272 e. The Kier molecular flexibility index (Phi) is 6.63. The van der Waals surface area contributed by atoms with Crippen LogP contribution in [0.25, 0.3) is 0 Å². The van der Waals surface area contributed by atoms with Gasteiger partial charge < -0.3 is 15.5 Å². The first-order chi connectivity index (χ1) is 10.3. The molecule has 116 valence electrons. The van der Waals surface area contributed by atoms with Gasteiger partial charge in [0, 0.05) is 25.8 Å². The van der Waals surface area contributed by atoms with Crippen molar-refractivity contribution in [2.24, 2.45) is 5.73 Å². The van der Waals surface area contributed by atoms with Gasteiger partial charge in [-0.15, -0.1) is 0 Å². The molecule has 0 aliphatic carbocycles. The van der Waals surface area contributed by atoms with Gasteiger partial charge in [-0.25, -0.2) is 0 Å². The van der Waals surface area contributed by atoms with E-state index in [1.54, 1.807) is 12.3 Å². The molecule has 2 N–H and O–H groups in total. The Labute approximate surface area is 127 Å². The second kappa shape index (κ2) is 8.74. The Balaban J connectivity index is 1.79. The SMILES string of the molecule is NCCCCCN1CCCN(C(=O)c2ccccn2)CC1. The van der Waals surface area contributed by atoms with E-state index in [1.807, 2.05) is 17.0 Å². The van der Waals surface area contributed by atoms with Gasteiger partial charge >= 0.3 is 0 Å². The molecule has 1 aromatic rings. The van der Waals surface area contributed by atoms with Crippen LogP contribution in [0.4, 0.5) is 0 Å². The average Bonchev–Trinajstić information content (AvgIpc) is 2.77. The number of pyridine rings is 1. The zero-order chi connectivity index (χ0) is 14.9. The van der Waals surface area contributed by atoms with Crippen molar-refractivity contribution in [3.05, 3.63) is 30.1 Å². The first-order valence-corrected chi connectivity index (χ1v) is 7.94. The molecule has 1 saturated heterocycles. The van der Waals surface area contributed by atoms with Gasteiger partial charge in [0.25, 0.3) is 5.91 Å². The maximum absolute atomic E-state index is 12.4. The quantitative estimate of drug-likeness (QED) is 0.804. The van der Waals surface area contributed by atoms with Crippen LogP contribution in [0.1, 0.15) is 36.2 Å². The summed E-state index contributed by atoms with van der Waals surface area (Å²) in [5, 5.41) is 0. The monoisotopic (exact) mass is 290 g/mol. The second-order valence-electron chi connectivity index (χ2n) is 5.55. The minimum atomic E-state index is 0.0561. The number of carbonyl (C=O) groups excluding carboxylic acids is 1. The topological polar surface area (TPSA) is 62.5 Å². The lowest BCUT2D eigenvalue weighted by molar-refractivity contribution is 0.0755. The van der Waals surface area contributed by atoms with Crippen LogP contribution >= 0.6 is 0 Å². The van der Waals surface area contributed by atoms with E-state index in [1.165, 1.54) is 12.8 Å². The van der Waals surface area contributed by atoms with Crippen molar-refractivity contribution >= 4 is 5.91 Å². The highest BCUT2D eigenvalue weighted by Crippen LogP contribution is 2.08. The lowest BCUT2D eigenvalue weighted by atomic mass is 10.2. The molecule has 2 heterocycles. The fourth-order valence-corrected chi connectivity index (χ4v) is 2.71. The Bertz CT molecular complexity index is 424. The molecule has 1 aromatic heterocycles. The van der Waals surface area contributed by atoms with Crippen LogP contribution in [0.15, 0.2) is 24.4 Å². The molecule has 1 aliphatic heterocycles. The Morgan fingerprint density at radius 2 is 2.05 bits per heavy atom. The van der Waals surface area contributed by atoms with E-state index in [2.05, 4.69) is 9.88 Å². The number of carbonyl (C=O) groups is 1. The molecule has 21 heavy (non-hydrogen) atoms. The Hall–Kier alpha value is -1.46. The summed E-state index contributed by atoms with van der Waals surface area (Å²) in [5.41, 5.74) is 6.07. The predicted molar refractivity (Wildman–Crippen MR) is 84.1 cm³/mol. The van der Waals surface area contributed by atoms with Crippen LogP contribution in [0.5, 0.6) is 0 Å². The molecule has 1 fully saturated rings. The summed E-state index contributed by atoms with van der Waals surface area (Å²) in [7, 11) is 0. The number of nitrogens with two attached hydrogens (primary N) is 1. The van der Waals surface area contributed by atoms with Crippen LogP contribution in [0, 0.1) is 0 Å². The molecule has 0 atom stereocenters. The maximum atomic E-state index is 12.4. The van der Waals surface area contributed by atoms with Crippen molar-refractivity contribution in [3.8, 4) is 0 Å². The van der Waals surface area contributed by atoms with Crippen LogP contribution < -0.4 is 5.73 Å². The fraction of sp³-hybridized carbons (Fsp3) is 0.625. The third-order valence-electron chi connectivity index (χ3n) is 3.94. The second-order valence-corrected chi connectivity index (χ2v) is 5.55. The maximum Gasteiger partial charge on any atom is 0.272 e. The molecule has 1 amide bonds. The normalized spacial score (nSPS) is 16.7. The van der Waals surface area contributed by atoms with Gasteiger partial charge in [0.05, 0.1) is 0 Å². The van der Waals surface area contributed by atoms with Crippen molar-refractivity contribution < 1.29 is 4.79 Å². The standard InChI is InChI=1S/C16H26N4O/c17-8-3-1-5-10-19-11-6-12-20(14-13-19)16(21)15-7-2-4-9-18-15/h2,4,7,9H,1,3,5-6,8,10-14,17H2. The van der Waals surface area contributed by atoms with Gasteiger partial charge in [0.1, 0.15) is 5.69 Å². The van der Waals surface area contributed by atoms with Crippen LogP contribution in [0.2, 0.25) is 0 Å². The highest BCUT2D eigenvalue weighted by Gasteiger charge is 2.20. The molecular weight excluding hydrogens is 264 g/mol. The average molecular weight is 290 g/mol. The van der Waals surface area contributed by atoms with Crippen LogP contribution in [-0.2, 0) is 0 Å². The van der Waals surface area contributed by atoms with E-state index < -0.39 is 0 Å². The fourth-order valence-electron chi connectivity index (χ4n) is 2.71. The molecule has 1 aliphatic rings.